The van der Waals surface area contributed by atoms with Crippen molar-refractivity contribution in [2.75, 3.05) is 45.7 Å². The van der Waals surface area contributed by atoms with Crippen molar-refractivity contribution in [2.45, 2.75) is 89.3 Å². The fraction of sp³-hybridized carbons (Fsp3) is 0.724. The topological polar surface area (TPSA) is 105 Å². The second-order valence-corrected chi connectivity index (χ2v) is 12.0. The molecular formula is C29H44N6O3. The number of carbonyl (C=O) groups is 2. The Kier molecular flexibility index (Phi) is 7.78. The SMILES string of the molecule is C[C@H](Oc1cc(N2CC[C@@H](N(C)C)C2)nc(C(N)=C2CCC[C@@]3(CCCCC3=O)C2=O)n1)[C@@H]1CCCN1C. The fourth-order valence-corrected chi connectivity index (χ4v) is 7.00. The van der Waals surface area contributed by atoms with E-state index in [0.717, 1.165) is 64.0 Å². The molecule has 208 valence electrons. The number of hydrogen-bond acceptors (Lipinski definition) is 9. The average Bonchev–Trinajstić information content (AvgIpc) is 3.56. The first kappa shape index (κ1) is 27.1. The highest BCUT2D eigenvalue weighted by Gasteiger charge is 2.49. The lowest BCUT2D eigenvalue weighted by Crippen LogP contribution is -2.45. The van der Waals surface area contributed by atoms with Crippen molar-refractivity contribution in [3.63, 3.8) is 0 Å². The number of nitrogens with two attached hydrogens (primary N) is 1. The van der Waals surface area contributed by atoms with Crippen LogP contribution in [0.25, 0.3) is 5.70 Å². The van der Waals surface area contributed by atoms with Crippen LogP contribution in [0.4, 0.5) is 5.82 Å². The number of ketones is 2. The van der Waals surface area contributed by atoms with Gasteiger partial charge in [-0.1, -0.05) is 6.42 Å². The van der Waals surface area contributed by atoms with Crippen molar-refractivity contribution in [2.24, 2.45) is 11.1 Å². The Morgan fingerprint density at radius 3 is 2.58 bits per heavy atom. The summed E-state index contributed by atoms with van der Waals surface area (Å²) in [7, 11) is 6.35. The maximum absolute atomic E-state index is 13.8. The molecule has 2 saturated carbocycles. The minimum Gasteiger partial charge on any atom is -0.473 e. The van der Waals surface area contributed by atoms with Gasteiger partial charge in [0, 0.05) is 43.2 Å². The first-order valence-corrected chi connectivity index (χ1v) is 14.4. The Labute approximate surface area is 226 Å². The Balaban J connectivity index is 1.49. The van der Waals surface area contributed by atoms with E-state index in [1.165, 1.54) is 0 Å². The Bertz CT molecular complexity index is 1100. The molecule has 2 aliphatic heterocycles. The van der Waals surface area contributed by atoms with E-state index in [4.69, 9.17) is 20.4 Å². The molecule has 3 heterocycles. The van der Waals surface area contributed by atoms with Gasteiger partial charge < -0.3 is 20.3 Å². The fourth-order valence-electron chi connectivity index (χ4n) is 7.00. The predicted octanol–water partition coefficient (Wildman–Crippen LogP) is 3.03. The predicted molar refractivity (Wildman–Crippen MR) is 148 cm³/mol. The number of likely N-dealkylation sites (tertiary alicyclic amines) is 1. The highest BCUT2D eigenvalue weighted by Crippen LogP contribution is 2.45. The van der Waals surface area contributed by atoms with Crippen molar-refractivity contribution < 1.29 is 14.3 Å². The lowest BCUT2D eigenvalue weighted by atomic mass is 9.62. The Morgan fingerprint density at radius 1 is 1.11 bits per heavy atom. The maximum Gasteiger partial charge on any atom is 0.219 e. The molecule has 1 aromatic rings. The van der Waals surface area contributed by atoms with Crippen LogP contribution in [-0.2, 0) is 9.59 Å². The van der Waals surface area contributed by atoms with Crippen molar-refractivity contribution in [1.29, 1.82) is 0 Å². The van der Waals surface area contributed by atoms with E-state index in [1.54, 1.807) is 0 Å². The van der Waals surface area contributed by atoms with E-state index in [0.29, 0.717) is 60.7 Å². The van der Waals surface area contributed by atoms with E-state index in [-0.39, 0.29) is 17.7 Å². The molecule has 0 bridgehead atoms. The molecule has 9 heteroatoms. The number of Topliss-reactive ketones (excluding diaryl/α,β-unsaturated/α-hetero) is 2. The number of nitrogens with zero attached hydrogens (tertiary/aromatic N) is 5. The van der Waals surface area contributed by atoms with Gasteiger partial charge in [0.2, 0.25) is 5.88 Å². The Hall–Kier alpha value is -2.52. The van der Waals surface area contributed by atoms with Crippen molar-refractivity contribution in [3.8, 4) is 5.88 Å². The summed E-state index contributed by atoms with van der Waals surface area (Å²) in [5.41, 5.74) is 6.63. The molecule has 4 atom stereocenters. The molecule has 0 unspecified atom stereocenters. The number of likely N-dealkylation sites (N-methyl/N-ethyl adjacent to an activating group) is 2. The summed E-state index contributed by atoms with van der Waals surface area (Å²) >= 11 is 0. The summed E-state index contributed by atoms with van der Waals surface area (Å²) in [5.74, 6) is 1.58. The third-order valence-corrected chi connectivity index (χ3v) is 9.43. The third kappa shape index (κ3) is 5.07. The zero-order valence-corrected chi connectivity index (χ0v) is 23.5. The summed E-state index contributed by atoms with van der Waals surface area (Å²) in [5, 5.41) is 0. The Morgan fingerprint density at radius 2 is 1.89 bits per heavy atom. The molecule has 9 nitrogen and oxygen atoms in total. The summed E-state index contributed by atoms with van der Waals surface area (Å²) < 4.78 is 6.43. The van der Waals surface area contributed by atoms with E-state index in [1.807, 2.05) is 6.07 Å². The van der Waals surface area contributed by atoms with E-state index >= 15 is 0 Å². The second-order valence-electron chi connectivity index (χ2n) is 12.0. The van der Waals surface area contributed by atoms with Gasteiger partial charge >= 0.3 is 0 Å². The first-order valence-electron chi connectivity index (χ1n) is 14.4. The molecule has 0 aromatic carbocycles. The van der Waals surface area contributed by atoms with E-state index in [2.05, 4.69) is 42.8 Å². The zero-order valence-electron chi connectivity index (χ0n) is 23.5. The molecule has 2 saturated heterocycles. The normalized spacial score (nSPS) is 30.9. The van der Waals surface area contributed by atoms with Crippen LogP contribution in [0.3, 0.4) is 0 Å². The van der Waals surface area contributed by atoms with Crippen LogP contribution in [0, 0.1) is 5.41 Å². The van der Waals surface area contributed by atoms with Gasteiger partial charge in [0.1, 0.15) is 17.7 Å². The lowest BCUT2D eigenvalue weighted by Gasteiger charge is -2.38. The number of anilines is 1. The van der Waals surface area contributed by atoms with Crippen molar-refractivity contribution in [1.82, 2.24) is 19.8 Å². The van der Waals surface area contributed by atoms with Crippen LogP contribution in [0.15, 0.2) is 11.6 Å². The molecule has 1 spiro atoms. The molecule has 1 aromatic heterocycles. The largest absolute Gasteiger partial charge is 0.473 e. The standard InChI is InChI=1S/C29H44N6O3/c1-19(22-10-8-15-34(22)4)38-25-17-24(35-16-12-20(18-35)33(2)3)31-28(32-25)26(30)21-9-7-14-29(27(21)37)13-6-5-11-23(29)36/h17,19-20,22H,5-16,18,30H2,1-4H3/t19-,20+,22-,29+/m0/s1. The van der Waals surface area contributed by atoms with Crippen LogP contribution in [0.2, 0.25) is 0 Å². The summed E-state index contributed by atoms with van der Waals surface area (Å²) in [4.78, 5) is 43.2. The lowest BCUT2D eigenvalue weighted by molar-refractivity contribution is -0.143. The summed E-state index contributed by atoms with van der Waals surface area (Å²) in [6.45, 7) is 4.90. The minimum atomic E-state index is -0.900. The van der Waals surface area contributed by atoms with Crippen LogP contribution in [-0.4, -0.2) is 90.3 Å². The minimum absolute atomic E-state index is 0.0421. The van der Waals surface area contributed by atoms with Crippen molar-refractivity contribution in [3.05, 3.63) is 17.5 Å². The quantitative estimate of drug-likeness (QED) is 0.444. The van der Waals surface area contributed by atoms with Gasteiger partial charge in [0.25, 0.3) is 0 Å². The van der Waals surface area contributed by atoms with Gasteiger partial charge in [-0.25, -0.2) is 4.98 Å². The molecule has 0 amide bonds. The highest BCUT2D eigenvalue weighted by atomic mass is 16.5. The number of aromatic nitrogens is 2. The number of rotatable bonds is 6. The van der Waals surface area contributed by atoms with Gasteiger partial charge in [0.05, 0.1) is 11.1 Å². The van der Waals surface area contributed by atoms with Gasteiger partial charge in [-0.05, 0) is 86.0 Å². The van der Waals surface area contributed by atoms with Crippen molar-refractivity contribution >= 4 is 23.1 Å². The number of allylic oxidation sites excluding steroid dienone is 1. The molecule has 38 heavy (non-hydrogen) atoms. The second kappa shape index (κ2) is 10.9. The summed E-state index contributed by atoms with van der Waals surface area (Å²) in [6.07, 6.45) is 8.11. The molecule has 2 aliphatic carbocycles. The molecule has 4 aliphatic rings. The van der Waals surface area contributed by atoms with Crippen LogP contribution < -0.4 is 15.4 Å². The highest BCUT2D eigenvalue weighted by molar-refractivity contribution is 6.17. The number of carbonyl (C=O) groups excluding carboxylic acids is 2. The molecule has 5 rings (SSSR count). The third-order valence-electron chi connectivity index (χ3n) is 9.43. The van der Waals surface area contributed by atoms with Gasteiger partial charge in [-0.2, -0.15) is 4.98 Å². The maximum atomic E-state index is 13.8. The molecule has 0 radical (unpaired) electrons. The first-order chi connectivity index (χ1) is 18.2. The monoisotopic (exact) mass is 524 g/mol. The van der Waals surface area contributed by atoms with Gasteiger partial charge in [-0.3, -0.25) is 14.5 Å². The van der Waals surface area contributed by atoms with Crippen LogP contribution >= 0.6 is 0 Å². The molecule has 4 fully saturated rings. The van der Waals surface area contributed by atoms with E-state index in [9.17, 15) is 9.59 Å². The number of ether oxygens (including phenoxy) is 1. The van der Waals surface area contributed by atoms with Gasteiger partial charge in [-0.15, -0.1) is 0 Å². The average molecular weight is 525 g/mol. The van der Waals surface area contributed by atoms with Crippen LogP contribution in [0.1, 0.15) is 77.0 Å². The smallest absolute Gasteiger partial charge is 0.219 e. The summed E-state index contributed by atoms with van der Waals surface area (Å²) in [6, 6.07) is 2.69. The van der Waals surface area contributed by atoms with Crippen LogP contribution in [0.5, 0.6) is 5.88 Å². The van der Waals surface area contributed by atoms with E-state index < -0.39 is 5.41 Å². The van der Waals surface area contributed by atoms with Gasteiger partial charge in [0.15, 0.2) is 11.6 Å². The number of hydrogen-bond donors (Lipinski definition) is 1. The molecular weight excluding hydrogens is 480 g/mol. The zero-order chi connectivity index (χ0) is 27.0. The molecule has 2 N–H and O–H groups in total.